The van der Waals surface area contributed by atoms with E-state index in [4.69, 9.17) is 5.73 Å². The van der Waals surface area contributed by atoms with Crippen LogP contribution in [0.5, 0.6) is 0 Å². The molecule has 1 fully saturated rings. The number of amides is 1. The normalized spacial score (nSPS) is 17.9. The van der Waals surface area contributed by atoms with Crippen molar-refractivity contribution < 1.29 is 4.79 Å². The Balaban J connectivity index is 2.84. The number of carbonyl (C=O) groups excluding carboxylic acids is 1. The molecule has 2 N–H and O–H groups in total. The highest BCUT2D eigenvalue weighted by molar-refractivity contribution is 5.84. The van der Waals surface area contributed by atoms with Crippen molar-refractivity contribution >= 4 is 5.91 Å². The van der Waals surface area contributed by atoms with Crippen LogP contribution in [0.15, 0.2) is 0 Å². The van der Waals surface area contributed by atoms with E-state index < -0.39 is 0 Å². The minimum Gasteiger partial charge on any atom is -0.339 e. The van der Waals surface area contributed by atoms with E-state index in [1.54, 1.807) is 0 Å². The lowest BCUT2D eigenvalue weighted by atomic mass is 9.67. The molecule has 0 aromatic carbocycles. The molecule has 1 aliphatic carbocycles. The van der Waals surface area contributed by atoms with Gasteiger partial charge in [0.2, 0.25) is 5.91 Å². The average molecular weight is 254 g/mol. The summed E-state index contributed by atoms with van der Waals surface area (Å²) < 4.78 is 0. The highest BCUT2D eigenvalue weighted by Crippen LogP contribution is 2.42. The van der Waals surface area contributed by atoms with Gasteiger partial charge in [-0.1, -0.05) is 34.1 Å². The van der Waals surface area contributed by atoms with Gasteiger partial charge in [-0.3, -0.25) is 4.79 Å². The number of hydrogen-bond acceptors (Lipinski definition) is 2. The standard InChI is InChI=1S/C15H30N2O/c1-5-13(6-2)17(10-12(3)4)14(18)15(11-16)8-7-9-15/h12-13H,5-11,16H2,1-4H3. The first-order valence-electron chi connectivity index (χ1n) is 7.51. The number of nitrogens with two attached hydrogens (primary N) is 1. The third-order valence-electron chi connectivity index (χ3n) is 4.36. The van der Waals surface area contributed by atoms with E-state index in [2.05, 4.69) is 32.6 Å². The average Bonchev–Trinajstić information content (AvgIpc) is 2.28. The van der Waals surface area contributed by atoms with Gasteiger partial charge in [-0.25, -0.2) is 0 Å². The number of hydrogen-bond donors (Lipinski definition) is 1. The van der Waals surface area contributed by atoms with Gasteiger partial charge in [0, 0.05) is 19.1 Å². The van der Waals surface area contributed by atoms with Crippen molar-refractivity contribution in [3.05, 3.63) is 0 Å². The Kier molecular flexibility index (Phi) is 5.64. The molecule has 3 nitrogen and oxygen atoms in total. The minimum atomic E-state index is -0.225. The Labute approximate surface area is 112 Å². The van der Waals surface area contributed by atoms with E-state index in [9.17, 15) is 4.79 Å². The van der Waals surface area contributed by atoms with Gasteiger partial charge in [0.05, 0.1) is 5.41 Å². The molecule has 0 spiro atoms. The Hall–Kier alpha value is -0.570. The van der Waals surface area contributed by atoms with Crippen molar-refractivity contribution in [3.8, 4) is 0 Å². The molecule has 106 valence electrons. The van der Waals surface area contributed by atoms with Gasteiger partial charge in [0.1, 0.15) is 0 Å². The SMILES string of the molecule is CCC(CC)N(CC(C)C)C(=O)C1(CN)CCC1. The molecule has 0 radical (unpaired) electrons. The zero-order chi connectivity index (χ0) is 13.8. The van der Waals surface area contributed by atoms with E-state index in [0.717, 1.165) is 38.6 Å². The number of carbonyl (C=O) groups is 1. The van der Waals surface area contributed by atoms with Crippen LogP contribution >= 0.6 is 0 Å². The predicted molar refractivity (Wildman–Crippen MR) is 76.3 cm³/mol. The summed E-state index contributed by atoms with van der Waals surface area (Å²) in [6.45, 7) is 10.1. The summed E-state index contributed by atoms with van der Waals surface area (Å²) in [7, 11) is 0. The fourth-order valence-electron chi connectivity index (χ4n) is 2.93. The van der Waals surface area contributed by atoms with E-state index >= 15 is 0 Å². The Morgan fingerprint density at radius 2 is 1.83 bits per heavy atom. The molecule has 18 heavy (non-hydrogen) atoms. The molecule has 0 atom stereocenters. The van der Waals surface area contributed by atoms with Crippen LogP contribution in [0, 0.1) is 11.3 Å². The van der Waals surface area contributed by atoms with Gasteiger partial charge in [0.15, 0.2) is 0 Å². The summed E-state index contributed by atoms with van der Waals surface area (Å²) in [5.74, 6) is 0.836. The minimum absolute atomic E-state index is 0.225. The molecule has 0 aromatic heterocycles. The zero-order valence-electron chi connectivity index (χ0n) is 12.5. The van der Waals surface area contributed by atoms with Crippen molar-refractivity contribution in [2.24, 2.45) is 17.1 Å². The van der Waals surface area contributed by atoms with Crippen LogP contribution in [0.4, 0.5) is 0 Å². The van der Waals surface area contributed by atoms with Crippen LogP contribution in [-0.2, 0) is 4.79 Å². The van der Waals surface area contributed by atoms with Crippen LogP contribution in [-0.4, -0.2) is 29.9 Å². The summed E-state index contributed by atoms with van der Waals surface area (Å²) in [5.41, 5.74) is 5.65. The Morgan fingerprint density at radius 1 is 1.28 bits per heavy atom. The predicted octanol–water partition coefficient (Wildman–Crippen LogP) is 2.79. The molecule has 1 rings (SSSR count). The highest BCUT2D eigenvalue weighted by Gasteiger charge is 2.46. The summed E-state index contributed by atoms with van der Waals surface area (Å²) in [5, 5.41) is 0. The van der Waals surface area contributed by atoms with Crippen molar-refractivity contribution in [2.75, 3.05) is 13.1 Å². The molecule has 0 saturated heterocycles. The van der Waals surface area contributed by atoms with Crippen molar-refractivity contribution in [1.82, 2.24) is 4.90 Å². The maximum atomic E-state index is 12.8. The third kappa shape index (κ3) is 3.05. The van der Waals surface area contributed by atoms with Gasteiger partial charge in [-0.15, -0.1) is 0 Å². The van der Waals surface area contributed by atoms with Gasteiger partial charge in [0.25, 0.3) is 0 Å². The largest absolute Gasteiger partial charge is 0.339 e. The van der Waals surface area contributed by atoms with Crippen LogP contribution in [0.1, 0.15) is 59.8 Å². The van der Waals surface area contributed by atoms with E-state index in [0.29, 0.717) is 24.4 Å². The van der Waals surface area contributed by atoms with Crippen LogP contribution in [0.2, 0.25) is 0 Å². The summed E-state index contributed by atoms with van der Waals surface area (Å²) in [6.07, 6.45) is 5.20. The van der Waals surface area contributed by atoms with Gasteiger partial charge in [-0.05, 0) is 31.6 Å². The summed E-state index contributed by atoms with van der Waals surface area (Å²) in [6, 6.07) is 0.379. The molecule has 0 bridgehead atoms. The summed E-state index contributed by atoms with van der Waals surface area (Å²) in [4.78, 5) is 14.9. The van der Waals surface area contributed by atoms with E-state index in [-0.39, 0.29) is 5.41 Å². The number of nitrogens with zero attached hydrogens (tertiary/aromatic N) is 1. The second-order valence-electron chi connectivity index (χ2n) is 6.16. The fraction of sp³-hybridized carbons (Fsp3) is 0.933. The third-order valence-corrected chi connectivity index (χ3v) is 4.36. The molecule has 1 saturated carbocycles. The van der Waals surface area contributed by atoms with Crippen molar-refractivity contribution in [2.45, 2.75) is 65.8 Å². The monoisotopic (exact) mass is 254 g/mol. The first kappa shape index (κ1) is 15.5. The quantitative estimate of drug-likeness (QED) is 0.759. The molecule has 0 aliphatic heterocycles. The molecule has 3 heteroatoms. The molecule has 0 unspecified atom stereocenters. The highest BCUT2D eigenvalue weighted by atomic mass is 16.2. The molecule has 0 heterocycles. The molecule has 1 amide bonds. The summed E-state index contributed by atoms with van der Waals surface area (Å²) >= 11 is 0. The van der Waals surface area contributed by atoms with Crippen molar-refractivity contribution in [3.63, 3.8) is 0 Å². The molecular weight excluding hydrogens is 224 g/mol. The second-order valence-corrected chi connectivity index (χ2v) is 6.16. The number of rotatable bonds is 7. The molecule has 1 aliphatic rings. The fourth-order valence-corrected chi connectivity index (χ4v) is 2.93. The maximum absolute atomic E-state index is 12.8. The second kappa shape index (κ2) is 6.55. The van der Waals surface area contributed by atoms with Gasteiger partial charge in [-0.2, -0.15) is 0 Å². The smallest absolute Gasteiger partial charge is 0.230 e. The first-order chi connectivity index (χ1) is 8.50. The van der Waals surface area contributed by atoms with E-state index in [1.807, 2.05) is 0 Å². The van der Waals surface area contributed by atoms with Crippen LogP contribution in [0.3, 0.4) is 0 Å². The molecule has 0 aromatic rings. The lowest BCUT2D eigenvalue weighted by molar-refractivity contribution is -0.150. The Bertz CT molecular complexity index is 262. The topological polar surface area (TPSA) is 46.3 Å². The lowest BCUT2D eigenvalue weighted by Gasteiger charge is -2.45. The van der Waals surface area contributed by atoms with Crippen LogP contribution in [0.25, 0.3) is 0 Å². The lowest BCUT2D eigenvalue weighted by Crippen LogP contribution is -2.55. The van der Waals surface area contributed by atoms with Gasteiger partial charge >= 0.3 is 0 Å². The maximum Gasteiger partial charge on any atom is 0.230 e. The molecular formula is C15H30N2O. The van der Waals surface area contributed by atoms with E-state index in [1.165, 1.54) is 0 Å². The zero-order valence-corrected chi connectivity index (χ0v) is 12.5. The first-order valence-corrected chi connectivity index (χ1v) is 7.51. The van der Waals surface area contributed by atoms with Crippen molar-refractivity contribution in [1.29, 1.82) is 0 Å². The van der Waals surface area contributed by atoms with Crippen LogP contribution < -0.4 is 5.73 Å². The Morgan fingerprint density at radius 3 is 2.11 bits per heavy atom. The van der Waals surface area contributed by atoms with Gasteiger partial charge < -0.3 is 10.6 Å².